The molecule has 0 aliphatic rings. The van der Waals surface area contributed by atoms with E-state index in [-0.39, 0.29) is 5.91 Å². The second-order valence-electron chi connectivity index (χ2n) is 4.44. The summed E-state index contributed by atoms with van der Waals surface area (Å²) >= 11 is 0. The summed E-state index contributed by atoms with van der Waals surface area (Å²) in [5, 5.41) is 6.78. The van der Waals surface area contributed by atoms with E-state index in [4.69, 9.17) is 4.74 Å². The summed E-state index contributed by atoms with van der Waals surface area (Å²) in [5.41, 5.74) is 1.09. The number of nitrogens with one attached hydrogen (secondary N) is 1. The highest BCUT2D eigenvalue weighted by Gasteiger charge is 2.15. The molecule has 0 radical (unpaired) electrons. The zero-order valence-corrected chi connectivity index (χ0v) is 11.3. The van der Waals surface area contributed by atoms with Gasteiger partial charge in [0.1, 0.15) is 5.75 Å². The molecule has 1 aromatic heterocycles. The molecule has 0 saturated heterocycles. The number of carbonyl (C=O) groups excluding carboxylic acids is 1. The number of hydrogen-bond acceptors (Lipinski definition) is 3. The Morgan fingerprint density at radius 1 is 1.42 bits per heavy atom. The molecule has 5 nitrogen and oxygen atoms in total. The first-order chi connectivity index (χ1) is 9.04. The van der Waals surface area contributed by atoms with Crippen LogP contribution in [0.25, 0.3) is 0 Å². The molecule has 0 saturated carbocycles. The number of aryl methyl sites for hydroxylation is 2. The minimum Gasteiger partial charge on any atom is -0.481 e. The van der Waals surface area contributed by atoms with Gasteiger partial charge in [-0.2, -0.15) is 5.10 Å². The molecular weight excluding hydrogens is 242 g/mol. The molecule has 1 amide bonds. The molecule has 100 valence electrons. The predicted octanol–water partition coefficient (Wildman–Crippen LogP) is 2.13. The molecule has 19 heavy (non-hydrogen) atoms. The fourth-order valence-electron chi connectivity index (χ4n) is 1.66. The monoisotopic (exact) mass is 259 g/mol. The molecule has 1 heterocycles. The van der Waals surface area contributed by atoms with Gasteiger partial charge in [-0.1, -0.05) is 12.1 Å². The fraction of sp³-hybridized carbons (Fsp3) is 0.286. The van der Waals surface area contributed by atoms with Crippen LogP contribution in [0.3, 0.4) is 0 Å². The van der Waals surface area contributed by atoms with Crippen LogP contribution >= 0.6 is 0 Å². The van der Waals surface area contributed by atoms with E-state index >= 15 is 0 Å². The van der Waals surface area contributed by atoms with Gasteiger partial charge in [-0.3, -0.25) is 9.48 Å². The van der Waals surface area contributed by atoms with Gasteiger partial charge >= 0.3 is 0 Å². The van der Waals surface area contributed by atoms with Crippen molar-refractivity contribution in [3.8, 4) is 5.75 Å². The minimum atomic E-state index is -0.580. The molecular formula is C14H17N3O2. The highest BCUT2D eigenvalue weighted by Crippen LogP contribution is 2.14. The molecule has 0 unspecified atom stereocenters. The summed E-state index contributed by atoms with van der Waals surface area (Å²) in [6.07, 6.45) is 1.19. The highest BCUT2D eigenvalue weighted by molar-refractivity contribution is 5.93. The number of benzene rings is 1. The van der Waals surface area contributed by atoms with Crippen LogP contribution in [0.5, 0.6) is 5.75 Å². The summed E-state index contributed by atoms with van der Waals surface area (Å²) in [6, 6.07) is 9.33. The maximum Gasteiger partial charge on any atom is 0.266 e. The van der Waals surface area contributed by atoms with Crippen molar-refractivity contribution in [2.45, 2.75) is 20.0 Å². The summed E-state index contributed by atoms with van der Waals surface area (Å²) in [5.74, 6) is 0.982. The normalized spacial score (nSPS) is 11.9. The molecule has 0 aliphatic carbocycles. The van der Waals surface area contributed by atoms with E-state index in [1.807, 2.05) is 31.2 Å². The van der Waals surface area contributed by atoms with Crippen LogP contribution in [0.15, 0.2) is 36.5 Å². The maximum atomic E-state index is 11.9. The van der Waals surface area contributed by atoms with E-state index < -0.39 is 6.10 Å². The van der Waals surface area contributed by atoms with Crippen LogP contribution in [-0.4, -0.2) is 21.8 Å². The first-order valence-electron chi connectivity index (χ1n) is 6.08. The highest BCUT2D eigenvalue weighted by atomic mass is 16.5. The Hall–Kier alpha value is -2.30. The van der Waals surface area contributed by atoms with E-state index in [1.54, 1.807) is 30.9 Å². The van der Waals surface area contributed by atoms with Gasteiger partial charge in [0.05, 0.1) is 0 Å². The van der Waals surface area contributed by atoms with Gasteiger partial charge < -0.3 is 10.1 Å². The molecule has 5 heteroatoms. The van der Waals surface area contributed by atoms with E-state index in [0.717, 1.165) is 5.56 Å². The summed E-state index contributed by atoms with van der Waals surface area (Å²) in [7, 11) is 1.79. The topological polar surface area (TPSA) is 56.1 Å². The van der Waals surface area contributed by atoms with Crippen LogP contribution < -0.4 is 10.1 Å². The zero-order valence-electron chi connectivity index (χ0n) is 11.3. The number of hydrogen-bond donors (Lipinski definition) is 1. The van der Waals surface area contributed by atoms with E-state index in [9.17, 15) is 4.79 Å². The van der Waals surface area contributed by atoms with Crippen LogP contribution in [0.2, 0.25) is 0 Å². The lowest BCUT2D eigenvalue weighted by atomic mass is 10.2. The Balaban J connectivity index is 1.96. The number of aromatic nitrogens is 2. The Kier molecular flexibility index (Phi) is 3.85. The van der Waals surface area contributed by atoms with Gasteiger partial charge in [0.15, 0.2) is 11.9 Å². The number of rotatable bonds is 4. The Morgan fingerprint density at radius 3 is 2.84 bits per heavy atom. The SMILES string of the molecule is Cc1cccc(O[C@H](C)C(=O)Nc2ccn(C)n2)c1. The number of anilines is 1. The van der Waals surface area contributed by atoms with Crippen molar-refractivity contribution in [1.82, 2.24) is 9.78 Å². The van der Waals surface area contributed by atoms with E-state index in [1.165, 1.54) is 0 Å². The number of nitrogens with zero attached hydrogens (tertiary/aromatic N) is 2. The van der Waals surface area contributed by atoms with E-state index in [2.05, 4.69) is 10.4 Å². The molecule has 0 aliphatic heterocycles. The van der Waals surface area contributed by atoms with Gasteiger partial charge in [0, 0.05) is 19.3 Å². The van der Waals surface area contributed by atoms with Crippen LogP contribution in [0.4, 0.5) is 5.82 Å². The average Bonchev–Trinajstić information content (AvgIpc) is 2.74. The fourth-order valence-corrected chi connectivity index (χ4v) is 1.66. The predicted molar refractivity (Wildman–Crippen MR) is 73.1 cm³/mol. The second-order valence-corrected chi connectivity index (χ2v) is 4.44. The molecule has 0 fully saturated rings. The summed E-state index contributed by atoms with van der Waals surface area (Å²) in [4.78, 5) is 11.9. The van der Waals surface area contributed by atoms with Crippen molar-refractivity contribution in [2.75, 3.05) is 5.32 Å². The second kappa shape index (κ2) is 5.56. The van der Waals surface area contributed by atoms with Crippen molar-refractivity contribution >= 4 is 11.7 Å². The number of ether oxygens (including phenoxy) is 1. The first kappa shape index (κ1) is 13.1. The van der Waals surface area contributed by atoms with E-state index in [0.29, 0.717) is 11.6 Å². The molecule has 2 rings (SSSR count). The maximum absolute atomic E-state index is 11.9. The molecule has 2 aromatic rings. The van der Waals surface area contributed by atoms with Gasteiger partial charge in [-0.05, 0) is 31.5 Å². The van der Waals surface area contributed by atoms with Crippen molar-refractivity contribution in [1.29, 1.82) is 0 Å². The molecule has 1 N–H and O–H groups in total. The van der Waals surface area contributed by atoms with Gasteiger partial charge in [-0.25, -0.2) is 0 Å². The third kappa shape index (κ3) is 3.58. The molecule has 1 atom stereocenters. The largest absolute Gasteiger partial charge is 0.481 e. The molecule has 0 bridgehead atoms. The Labute approximate surface area is 112 Å². The lowest BCUT2D eigenvalue weighted by molar-refractivity contribution is -0.122. The van der Waals surface area contributed by atoms with Crippen LogP contribution in [0, 0.1) is 6.92 Å². The smallest absolute Gasteiger partial charge is 0.266 e. The minimum absolute atomic E-state index is 0.222. The summed E-state index contributed by atoms with van der Waals surface area (Å²) < 4.78 is 7.22. The zero-order chi connectivity index (χ0) is 13.8. The number of carbonyl (C=O) groups is 1. The third-order valence-corrected chi connectivity index (χ3v) is 2.64. The van der Waals surface area contributed by atoms with Crippen molar-refractivity contribution in [3.05, 3.63) is 42.1 Å². The first-order valence-corrected chi connectivity index (χ1v) is 6.08. The quantitative estimate of drug-likeness (QED) is 0.915. The third-order valence-electron chi connectivity index (χ3n) is 2.64. The number of amides is 1. The molecule has 0 spiro atoms. The van der Waals surface area contributed by atoms with Crippen molar-refractivity contribution in [2.24, 2.45) is 7.05 Å². The standard InChI is InChI=1S/C14H17N3O2/c1-10-5-4-6-12(9-10)19-11(2)14(18)15-13-7-8-17(3)16-13/h4-9,11H,1-3H3,(H,15,16,18)/t11-/m1/s1. The Morgan fingerprint density at radius 2 is 2.21 bits per heavy atom. The van der Waals surface area contributed by atoms with Crippen LogP contribution in [0.1, 0.15) is 12.5 Å². The van der Waals surface area contributed by atoms with Crippen LogP contribution in [-0.2, 0) is 11.8 Å². The Bertz CT molecular complexity index is 578. The van der Waals surface area contributed by atoms with Gasteiger partial charge in [0.2, 0.25) is 0 Å². The lowest BCUT2D eigenvalue weighted by Gasteiger charge is -2.14. The lowest BCUT2D eigenvalue weighted by Crippen LogP contribution is -2.30. The van der Waals surface area contributed by atoms with Crippen molar-refractivity contribution < 1.29 is 9.53 Å². The summed E-state index contributed by atoms with van der Waals surface area (Å²) in [6.45, 7) is 3.69. The van der Waals surface area contributed by atoms with Gasteiger partial charge in [0.25, 0.3) is 5.91 Å². The molecule has 1 aromatic carbocycles. The average molecular weight is 259 g/mol. The van der Waals surface area contributed by atoms with Gasteiger partial charge in [-0.15, -0.1) is 0 Å². The van der Waals surface area contributed by atoms with Crippen molar-refractivity contribution in [3.63, 3.8) is 0 Å².